The highest BCUT2D eigenvalue weighted by Crippen LogP contribution is 2.44. The summed E-state index contributed by atoms with van der Waals surface area (Å²) >= 11 is 6.15. The molecule has 2 saturated heterocycles. The number of amides is 2. The van der Waals surface area contributed by atoms with Crippen molar-refractivity contribution >= 4 is 52.2 Å². The van der Waals surface area contributed by atoms with Crippen molar-refractivity contribution in [2.75, 3.05) is 44.8 Å². The van der Waals surface area contributed by atoms with Gasteiger partial charge in [0.05, 0.1) is 53.1 Å². The number of halogens is 4. The summed E-state index contributed by atoms with van der Waals surface area (Å²) in [6, 6.07) is 2.65. The van der Waals surface area contributed by atoms with Crippen molar-refractivity contribution in [3.8, 4) is 5.75 Å². The number of hydrogen-bond acceptors (Lipinski definition) is 10. The minimum Gasteiger partial charge on any atom is -0.504 e. The van der Waals surface area contributed by atoms with Gasteiger partial charge in [0.1, 0.15) is 12.2 Å². The third-order valence-electron chi connectivity index (χ3n) is 9.77. The average molecular weight is 730 g/mol. The standard InChI is InChI=1S/C33H32ClF3N8O6/c1-17-15-51-32(7-9-43(10-8-32)30(49)25-27(47)18(2)38-16-39-25)24-26(17)44(14-23(46)40-22-4-3-20(13-21(22)34)33(35,36)37)31-41-28(42-45(31)29(24)48)19-5-11-50-12-6-19/h3-5,13,16-17,24H,6-12,14-15H2,1-2H3,(H-,40,46,47,49)/p+1/t17-,24?/m0/s1. The van der Waals surface area contributed by atoms with E-state index in [0.717, 1.165) is 23.8 Å². The predicted octanol–water partition coefficient (Wildman–Crippen LogP) is 3.89. The summed E-state index contributed by atoms with van der Waals surface area (Å²) in [5, 5.41) is 17.3. The van der Waals surface area contributed by atoms with Gasteiger partial charge in [0.15, 0.2) is 18.0 Å². The number of nitrogens with one attached hydrogen (secondary N) is 1. The van der Waals surface area contributed by atoms with E-state index >= 15 is 0 Å². The molecule has 1 unspecified atom stereocenters. The summed E-state index contributed by atoms with van der Waals surface area (Å²) in [7, 11) is 0. The normalized spacial score (nSPS) is 21.6. The molecular formula is C33H33ClF3N8O6+. The van der Waals surface area contributed by atoms with Gasteiger partial charge in [-0.15, -0.1) is 0 Å². The fourth-order valence-electron chi connectivity index (χ4n) is 7.10. The lowest BCUT2D eigenvalue weighted by molar-refractivity contribution is -0.448. The van der Waals surface area contributed by atoms with Gasteiger partial charge in [0.25, 0.3) is 17.6 Å². The van der Waals surface area contributed by atoms with Gasteiger partial charge >= 0.3 is 18.0 Å². The summed E-state index contributed by atoms with van der Waals surface area (Å²) in [4.78, 5) is 55.7. The number of piperidine rings is 1. The number of aromatic hydroxyl groups is 1. The highest BCUT2D eigenvalue weighted by atomic mass is 35.5. The van der Waals surface area contributed by atoms with Crippen molar-refractivity contribution in [1.29, 1.82) is 0 Å². The van der Waals surface area contributed by atoms with Crippen LogP contribution in [0.3, 0.4) is 0 Å². The van der Waals surface area contributed by atoms with Gasteiger partial charge in [0, 0.05) is 31.0 Å². The number of fused-ring (bicyclic) bond motifs is 3. The van der Waals surface area contributed by atoms with Crippen LogP contribution in [0.1, 0.15) is 58.6 Å². The van der Waals surface area contributed by atoms with Gasteiger partial charge in [-0.3, -0.25) is 14.4 Å². The van der Waals surface area contributed by atoms with Crippen LogP contribution in [-0.4, -0.2) is 108 Å². The van der Waals surface area contributed by atoms with Crippen LogP contribution in [0, 0.1) is 18.8 Å². The van der Waals surface area contributed by atoms with Crippen molar-refractivity contribution in [3.63, 3.8) is 0 Å². The number of rotatable bonds is 5. The van der Waals surface area contributed by atoms with Crippen LogP contribution in [0.15, 0.2) is 30.6 Å². The number of alkyl halides is 3. The second-order valence-electron chi connectivity index (χ2n) is 12.9. The van der Waals surface area contributed by atoms with Crippen molar-refractivity contribution in [3.05, 3.63) is 58.4 Å². The SMILES string of the molecule is Cc1ncnc(C(=O)N2CCC3(CC2)OC[C@H](C)C2=[N+](CC(=O)Nc4ccc(C(F)(F)F)cc4Cl)c4nc(C5=CCOCC5)nn4C(=O)C23)c1O. The molecule has 268 valence electrons. The first kappa shape index (κ1) is 34.7. The Hall–Kier alpha value is -4.74. The largest absolute Gasteiger partial charge is 0.504 e. The van der Waals surface area contributed by atoms with Crippen molar-refractivity contribution in [2.45, 2.75) is 44.9 Å². The first-order chi connectivity index (χ1) is 24.3. The van der Waals surface area contributed by atoms with Crippen molar-refractivity contribution in [2.24, 2.45) is 11.8 Å². The molecule has 18 heteroatoms. The molecule has 4 aliphatic rings. The molecule has 2 aromatic heterocycles. The zero-order valence-corrected chi connectivity index (χ0v) is 28.3. The molecule has 14 nitrogen and oxygen atoms in total. The third-order valence-corrected chi connectivity index (χ3v) is 10.1. The molecule has 2 fully saturated rings. The van der Waals surface area contributed by atoms with E-state index in [0.29, 0.717) is 31.2 Å². The van der Waals surface area contributed by atoms with Crippen LogP contribution < -0.4 is 5.32 Å². The fourth-order valence-corrected chi connectivity index (χ4v) is 7.33. The Kier molecular flexibility index (Phi) is 8.91. The number of hydrogen-bond donors (Lipinski definition) is 2. The monoisotopic (exact) mass is 729 g/mol. The molecule has 2 amide bonds. The van der Waals surface area contributed by atoms with Gasteiger partial charge < -0.3 is 24.8 Å². The Labute approximate surface area is 293 Å². The fraction of sp³-hybridized carbons (Fsp3) is 0.455. The first-order valence-corrected chi connectivity index (χ1v) is 16.7. The molecule has 6 heterocycles. The number of benzene rings is 1. The summed E-state index contributed by atoms with van der Waals surface area (Å²) in [5.41, 5.74) is -0.549. The Morgan fingerprint density at radius 2 is 1.98 bits per heavy atom. The van der Waals surface area contributed by atoms with Crippen LogP contribution in [-0.2, 0) is 20.4 Å². The molecule has 2 atom stereocenters. The molecule has 0 aliphatic carbocycles. The number of likely N-dealkylation sites (tertiary alicyclic amines) is 1. The maximum absolute atomic E-state index is 14.5. The molecule has 7 rings (SSSR count). The van der Waals surface area contributed by atoms with Gasteiger partial charge in [-0.2, -0.15) is 13.2 Å². The number of carbonyl (C=O) groups excluding carboxylic acids is 3. The summed E-state index contributed by atoms with van der Waals surface area (Å²) in [5.74, 6) is -2.65. The lowest BCUT2D eigenvalue weighted by Gasteiger charge is -2.49. The lowest BCUT2D eigenvalue weighted by Crippen LogP contribution is -2.64. The van der Waals surface area contributed by atoms with Crippen molar-refractivity contribution < 1.29 is 46.7 Å². The number of aryl methyl sites for hydroxylation is 1. The molecule has 0 bridgehead atoms. The van der Waals surface area contributed by atoms with E-state index in [4.69, 9.17) is 26.1 Å². The van der Waals surface area contributed by atoms with Crippen LogP contribution >= 0.6 is 11.6 Å². The topological polar surface area (TPSA) is 165 Å². The molecule has 51 heavy (non-hydrogen) atoms. The molecule has 4 aliphatic heterocycles. The Morgan fingerprint density at radius 3 is 2.67 bits per heavy atom. The van der Waals surface area contributed by atoms with E-state index in [-0.39, 0.29) is 78.8 Å². The Balaban J connectivity index is 1.23. The second-order valence-corrected chi connectivity index (χ2v) is 13.4. The molecule has 0 saturated carbocycles. The molecule has 2 N–H and O–H groups in total. The average Bonchev–Trinajstić information content (AvgIpc) is 3.56. The first-order valence-electron chi connectivity index (χ1n) is 16.3. The third kappa shape index (κ3) is 6.27. The van der Waals surface area contributed by atoms with E-state index in [1.54, 1.807) is 11.5 Å². The Morgan fingerprint density at radius 1 is 1.22 bits per heavy atom. The van der Waals surface area contributed by atoms with E-state index in [2.05, 4.69) is 20.4 Å². The van der Waals surface area contributed by atoms with Crippen LogP contribution in [0.2, 0.25) is 5.02 Å². The highest BCUT2D eigenvalue weighted by molar-refractivity contribution is 6.33. The van der Waals surface area contributed by atoms with Gasteiger partial charge in [-0.05, 0) is 42.9 Å². The highest BCUT2D eigenvalue weighted by Gasteiger charge is 2.59. The minimum atomic E-state index is -4.62. The Bertz CT molecular complexity index is 2010. The van der Waals surface area contributed by atoms with Gasteiger partial charge in [-0.25, -0.2) is 14.5 Å². The van der Waals surface area contributed by atoms with Gasteiger partial charge in [0.2, 0.25) is 0 Å². The zero-order chi connectivity index (χ0) is 36.2. The maximum atomic E-state index is 14.5. The molecule has 1 aromatic carbocycles. The number of ether oxygens (including phenoxy) is 2. The molecular weight excluding hydrogens is 697 g/mol. The number of carbonyl (C=O) groups is 3. The summed E-state index contributed by atoms with van der Waals surface area (Å²) in [6.07, 6.45) is -0.573. The van der Waals surface area contributed by atoms with E-state index in [1.807, 2.05) is 13.0 Å². The van der Waals surface area contributed by atoms with E-state index in [1.165, 1.54) is 15.9 Å². The maximum Gasteiger partial charge on any atom is 0.428 e. The minimum absolute atomic E-state index is 0.0164. The zero-order valence-electron chi connectivity index (χ0n) is 27.5. The smallest absolute Gasteiger partial charge is 0.428 e. The van der Waals surface area contributed by atoms with Crippen LogP contribution in [0.4, 0.5) is 24.8 Å². The lowest BCUT2D eigenvalue weighted by atomic mass is 9.70. The number of aromatic nitrogens is 5. The van der Waals surface area contributed by atoms with Crippen LogP contribution in [0.25, 0.3) is 5.57 Å². The molecule has 1 spiro atoms. The molecule has 3 aromatic rings. The molecule has 0 radical (unpaired) electrons. The second kappa shape index (κ2) is 13.1. The van der Waals surface area contributed by atoms with Crippen LogP contribution in [0.5, 0.6) is 5.75 Å². The van der Waals surface area contributed by atoms with E-state index in [9.17, 15) is 32.7 Å². The summed E-state index contributed by atoms with van der Waals surface area (Å²) in [6.45, 7) is 4.42. The van der Waals surface area contributed by atoms with E-state index < -0.39 is 41.0 Å². The quantitative estimate of drug-likeness (QED) is 0.368. The number of nitrogens with zero attached hydrogens (tertiary/aromatic N) is 7. The number of anilines is 1. The summed E-state index contributed by atoms with van der Waals surface area (Å²) < 4.78 is 54.5. The predicted molar refractivity (Wildman–Crippen MR) is 174 cm³/mol. The van der Waals surface area contributed by atoms with Crippen molar-refractivity contribution in [1.82, 2.24) is 29.6 Å². The van der Waals surface area contributed by atoms with Gasteiger partial charge in [-0.1, -0.05) is 34.4 Å².